The van der Waals surface area contributed by atoms with Crippen molar-refractivity contribution in [3.8, 4) is 0 Å². The average Bonchev–Trinajstić information content (AvgIpc) is 2.50. The predicted octanol–water partition coefficient (Wildman–Crippen LogP) is 0.332. The molecule has 5 nitrogen and oxygen atoms in total. The highest BCUT2D eigenvalue weighted by Gasteiger charge is 2.12. The van der Waals surface area contributed by atoms with Gasteiger partial charge in [0.1, 0.15) is 6.54 Å². The Morgan fingerprint density at radius 1 is 1.71 bits per heavy atom. The Hall–Kier alpha value is -1.52. The van der Waals surface area contributed by atoms with Crippen molar-refractivity contribution in [1.29, 1.82) is 0 Å². The van der Waals surface area contributed by atoms with Gasteiger partial charge in [-0.05, 0) is 13.8 Å². The maximum Gasteiger partial charge on any atom is 0.242 e. The fourth-order valence-corrected chi connectivity index (χ4v) is 1.02. The van der Waals surface area contributed by atoms with Crippen LogP contribution in [0.15, 0.2) is 12.4 Å². The van der Waals surface area contributed by atoms with Crippen molar-refractivity contribution in [3.63, 3.8) is 0 Å². The Labute approximate surface area is 83.5 Å². The van der Waals surface area contributed by atoms with E-state index in [-0.39, 0.29) is 18.5 Å². The van der Waals surface area contributed by atoms with Crippen LogP contribution in [0.1, 0.15) is 13.8 Å². The highest BCUT2D eigenvalue weighted by atomic mass is 16.2. The van der Waals surface area contributed by atoms with Gasteiger partial charge in [0, 0.05) is 25.5 Å². The molecular formula is C9H16N4O. The Bertz CT molecular complexity index is 318. The van der Waals surface area contributed by atoms with Crippen molar-refractivity contribution >= 4 is 11.9 Å². The number of imidazole rings is 1. The number of nitrogens with two attached hydrogens (primary N) is 1. The quantitative estimate of drug-likeness (QED) is 0.757. The third-order valence-electron chi connectivity index (χ3n) is 2.22. The number of carbonyl (C=O) groups excluding carboxylic acids is 1. The van der Waals surface area contributed by atoms with Crippen LogP contribution in [0.4, 0.5) is 5.95 Å². The minimum atomic E-state index is 0.0321. The number of carbonyl (C=O) groups is 1. The maximum absolute atomic E-state index is 11.6. The monoisotopic (exact) mass is 196 g/mol. The van der Waals surface area contributed by atoms with Crippen molar-refractivity contribution in [2.45, 2.75) is 26.4 Å². The molecule has 1 rings (SSSR count). The molecule has 14 heavy (non-hydrogen) atoms. The summed E-state index contributed by atoms with van der Waals surface area (Å²) in [7, 11) is 1.78. The van der Waals surface area contributed by atoms with Gasteiger partial charge in [0.05, 0.1) is 0 Å². The lowest BCUT2D eigenvalue weighted by Crippen LogP contribution is -2.35. The summed E-state index contributed by atoms with van der Waals surface area (Å²) in [4.78, 5) is 17.1. The molecule has 0 spiro atoms. The standard InChI is InChI=1S/C9H16N4O/c1-7(2)12(3)8(14)6-13-5-4-11-9(13)10/h4-5,7H,6H2,1-3H3,(H2,10,11). The maximum atomic E-state index is 11.6. The number of aromatic nitrogens is 2. The van der Waals surface area contributed by atoms with Crippen LogP contribution in [0.2, 0.25) is 0 Å². The van der Waals surface area contributed by atoms with Crippen molar-refractivity contribution in [3.05, 3.63) is 12.4 Å². The molecule has 0 unspecified atom stereocenters. The summed E-state index contributed by atoms with van der Waals surface area (Å²) < 4.78 is 1.63. The third kappa shape index (κ3) is 2.25. The van der Waals surface area contributed by atoms with Crippen LogP contribution in [0.5, 0.6) is 0 Å². The highest BCUT2D eigenvalue weighted by Crippen LogP contribution is 2.01. The van der Waals surface area contributed by atoms with Gasteiger partial charge in [-0.1, -0.05) is 0 Å². The third-order valence-corrected chi connectivity index (χ3v) is 2.22. The van der Waals surface area contributed by atoms with E-state index in [4.69, 9.17) is 5.73 Å². The summed E-state index contributed by atoms with van der Waals surface area (Å²) in [5.41, 5.74) is 5.55. The van der Waals surface area contributed by atoms with Gasteiger partial charge in [0.25, 0.3) is 0 Å². The summed E-state index contributed by atoms with van der Waals surface area (Å²) >= 11 is 0. The molecule has 0 aliphatic carbocycles. The van der Waals surface area contributed by atoms with E-state index in [0.29, 0.717) is 5.95 Å². The topological polar surface area (TPSA) is 64.2 Å². The number of rotatable bonds is 3. The lowest BCUT2D eigenvalue weighted by molar-refractivity contribution is -0.131. The smallest absolute Gasteiger partial charge is 0.242 e. The van der Waals surface area contributed by atoms with Gasteiger partial charge in [0.2, 0.25) is 11.9 Å². The molecule has 5 heteroatoms. The molecule has 1 amide bonds. The van der Waals surface area contributed by atoms with Gasteiger partial charge >= 0.3 is 0 Å². The summed E-state index contributed by atoms with van der Waals surface area (Å²) in [6.07, 6.45) is 3.28. The van der Waals surface area contributed by atoms with Crippen LogP contribution in [0.25, 0.3) is 0 Å². The molecule has 1 heterocycles. The van der Waals surface area contributed by atoms with Crippen LogP contribution in [0.3, 0.4) is 0 Å². The van der Waals surface area contributed by atoms with Gasteiger partial charge < -0.3 is 15.2 Å². The van der Waals surface area contributed by atoms with Crippen LogP contribution >= 0.6 is 0 Å². The highest BCUT2D eigenvalue weighted by molar-refractivity contribution is 5.76. The molecule has 1 aromatic rings. The molecular weight excluding hydrogens is 180 g/mol. The van der Waals surface area contributed by atoms with Crippen molar-refractivity contribution in [2.75, 3.05) is 12.8 Å². The van der Waals surface area contributed by atoms with Gasteiger partial charge in [0.15, 0.2) is 0 Å². The zero-order valence-electron chi connectivity index (χ0n) is 8.77. The van der Waals surface area contributed by atoms with E-state index in [0.717, 1.165) is 0 Å². The molecule has 1 aromatic heterocycles. The van der Waals surface area contributed by atoms with Crippen molar-refractivity contribution < 1.29 is 4.79 Å². The molecule has 0 saturated heterocycles. The van der Waals surface area contributed by atoms with Crippen molar-refractivity contribution in [2.24, 2.45) is 0 Å². The lowest BCUT2D eigenvalue weighted by atomic mass is 10.3. The van der Waals surface area contributed by atoms with E-state index < -0.39 is 0 Å². The number of nitrogens with zero attached hydrogens (tertiary/aromatic N) is 3. The molecule has 0 bridgehead atoms. The second kappa shape index (κ2) is 4.13. The number of likely N-dealkylation sites (N-methyl/N-ethyl adjacent to an activating group) is 1. The molecule has 0 aliphatic rings. The summed E-state index contributed by atoms with van der Waals surface area (Å²) in [5.74, 6) is 0.403. The first-order chi connectivity index (χ1) is 6.52. The molecule has 78 valence electrons. The summed E-state index contributed by atoms with van der Waals surface area (Å²) in [6, 6.07) is 0.201. The Balaban J connectivity index is 2.62. The minimum absolute atomic E-state index is 0.0321. The Morgan fingerprint density at radius 3 is 2.79 bits per heavy atom. The fraction of sp³-hybridized carbons (Fsp3) is 0.556. The van der Waals surface area contributed by atoms with Gasteiger partial charge in [-0.15, -0.1) is 0 Å². The largest absolute Gasteiger partial charge is 0.369 e. The predicted molar refractivity (Wildman–Crippen MR) is 54.5 cm³/mol. The van der Waals surface area contributed by atoms with Gasteiger partial charge in [-0.25, -0.2) is 4.98 Å². The van der Waals surface area contributed by atoms with Crippen LogP contribution in [0, 0.1) is 0 Å². The molecule has 0 atom stereocenters. The second-order valence-electron chi connectivity index (χ2n) is 3.51. The van der Waals surface area contributed by atoms with E-state index in [1.54, 1.807) is 28.9 Å². The second-order valence-corrected chi connectivity index (χ2v) is 3.51. The SMILES string of the molecule is CC(C)N(C)C(=O)Cn1ccnc1N. The first kappa shape index (κ1) is 10.6. The number of anilines is 1. The average molecular weight is 196 g/mol. The zero-order valence-corrected chi connectivity index (χ0v) is 8.77. The fourth-order valence-electron chi connectivity index (χ4n) is 1.02. The molecule has 0 saturated carbocycles. The first-order valence-corrected chi connectivity index (χ1v) is 4.54. The minimum Gasteiger partial charge on any atom is -0.369 e. The molecule has 0 aromatic carbocycles. The van der Waals surface area contributed by atoms with Gasteiger partial charge in [-0.2, -0.15) is 0 Å². The number of hydrogen-bond donors (Lipinski definition) is 1. The normalized spacial score (nSPS) is 10.6. The van der Waals surface area contributed by atoms with E-state index in [1.807, 2.05) is 13.8 Å². The van der Waals surface area contributed by atoms with E-state index in [9.17, 15) is 4.79 Å². The summed E-state index contributed by atoms with van der Waals surface area (Å²) in [6.45, 7) is 4.19. The van der Waals surface area contributed by atoms with E-state index in [2.05, 4.69) is 4.98 Å². The van der Waals surface area contributed by atoms with Crippen LogP contribution < -0.4 is 5.73 Å². The van der Waals surface area contributed by atoms with Gasteiger partial charge in [-0.3, -0.25) is 4.79 Å². The number of amides is 1. The first-order valence-electron chi connectivity index (χ1n) is 4.54. The lowest BCUT2D eigenvalue weighted by Gasteiger charge is -2.21. The zero-order chi connectivity index (χ0) is 10.7. The molecule has 0 aliphatic heterocycles. The number of nitrogen functional groups attached to an aromatic ring is 1. The number of hydrogen-bond acceptors (Lipinski definition) is 3. The molecule has 0 fully saturated rings. The van der Waals surface area contributed by atoms with Crippen molar-refractivity contribution in [1.82, 2.24) is 14.5 Å². The van der Waals surface area contributed by atoms with Crippen LogP contribution in [-0.4, -0.2) is 33.4 Å². The Morgan fingerprint density at radius 2 is 2.36 bits per heavy atom. The molecule has 0 radical (unpaired) electrons. The summed E-state index contributed by atoms with van der Waals surface area (Å²) in [5, 5.41) is 0. The van der Waals surface area contributed by atoms with E-state index >= 15 is 0 Å². The van der Waals surface area contributed by atoms with Crippen LogP contribution in [-0.2, 0) is 11.3 Å². The Kier molecular flexibility index (Phi) is 3.11. The van der Waals surface area contributed by atoms with E-state index in [1.165, 1.54) is 0 Å². The molecule has 2 N–H and O–H groups in total.